The highest BCUT2D eigenvalue weighted by Gasteiger charge is 2.37. The molecule has 0 spiro atoms. The van der Waals surface area contributed by atoms with Gasteiger partial charge in [0, 0.05) is 7.05 Å². The zero-order chi connectivity index (χ0) is 12.3. The molecule has 0 aliphatic carbocycles. The number of carbonyl (C=O) groups excluding carboxylic acids is 3. The number of hydrogen-bond donors (Lipinski definition) is 1. The summed E-state index contributed by atoms with van der Waals surface area (Å²) in [6, 6.07) is -1.15. The largest absolute Gasteiger partial charge is 0.468 e. The van der Waals surface area contributed by atoms with Crippen molar-refractivity contribution in [2.75, 3.05) is 14.2 Å². The average molecular weight is 228 g/mol. The smallest absolute Gasteiger partial charge is 0.322 e. The summed E-state index contributed by atoms with van der Waals surface area (Å²) in [7, 11) is 2.73. The zero-order valence-electron chi connectivity index (χ0n) is 9.65. The number of esters is 1. The summed E-state index contributed by atoms with van der Waals surface area (Å²) in [5, 5.41) is 2.84. The molecule has 16 heavy (non-hydrogen) atoms. The Morgan fingerprint density at radius 3 is 2.62 bits per heavy atom. The van der Waals surface area contributed by atoms with E-state index in [1.54, 1.807) is 6.92 Å². The van der Waals surface area contributed by atoms with Gasteiger partial charge in [-0.15, -0.1) is 0 Å². The molecule has 90 valence electrons. The van der Waals surface area contributed by atoms with Gasteiger partial charge in [0.05, 0.1) is 19.6 Å². The molecular weight excluding hydrogens is 212 g/mol. The van der Waals surface area contributed by atoms with Crippen molar-refractivity contribution in [2.24, 2.45) is 0 Å². The van der Waals surface area contributed by atoms with Crippen LogP contribution in [0.4, 0.5) is 0 Å². The predicted molar refractivity (Wildman–Crippen MR) is 55.4 cm³/mol. The van der Waals surface area contributed by atoms with Crippen LogP contribution in [0.1, 0.15) is 19.8 Å². The first-order valence-electron chi connectivity index (χ1n) is 5.15. The minimum absolute atomic E-state index is 0.100. The molecule has 0 aromatic heterocycles. The molecule has 0 saturated carbocycles. The SMILES string of the molecule is CCC(NC1CC(=O)N(C)C1=O)C(=O)OC. The summed E-state index contributed by atoms with van der Waals surface area (Å²) in [5.41, 5.74) is 0. The van der Waals surface area contributed by atoms with Crippen LogP contribution in [0.3, 0.4) is 0 Å². The van der Waals surface area contributed by atoms with E-state index in [1.807, 2.05) is 0 Å². The van der Waals surface area contributed by atoms with Crippen molar-refractivity contribution in [3.05, 3.63) is 0 Å². The van der Waals surface area contributed by atoms with E-state index in [4.69, 9.17) is 0 Å². The molecule has 2 atom stereocenters. The van der Waals surface area contributed by atoms with Gasteiger partial charge < -0.3 is 4.74 Å². The molecule has 6 heteroatoms. The van der Waals surface area contributed by atoms with Crippen molar-refractivity contribution < 1.29 is 19.1 Å². The van der Waals surface area contributed by atoms with Crippen molar-refractivity contribution in [3.63, 3.8) is 0 Å². The highest BCUT2D eigenvalue weighted by atomic mass is 16.5. The third-order valence-corrected chi connectivity index (χ3v) is 2.68. The molecule has 6 nitrogen and oxygen atoms in total. The van der Waals surface area contributed by atoms with Gasteiger partial charge in [0.2, 0.25) is 11.8 Å². The van der Waals surface area contributed by atoms with Crippen molar-refractivity contribution in [3.8, 4) is 0 Å². The third-order valence-electron chi connectivity index (χ3n) is 2.68. The molecule has 0 aromatic carbocycles. The first-order valence-corrected chi connectivity index (χ1v) is 5.15. The molecule has 1 aliphatic heterocycles. The molecule has 0 bridgehead atoms. The number of carbonyl (C=O) groups is 3. The highest BCUT2D eigenvalue weighted by molar-refractivity contribution is 6.05. The van der Waals surface area contributed by atoms with Crippen molar-refractivity contribution >= 4 is 17.8 Å². The number of likely N-dealkylation sites (N-methyl/N-ethyl adjacent to an activating group) is 1. The molecule has 0 aromatic rings. The fourth-order valence-electron chi connectivity index (χ4n) is 1.62. The number of nitrogens with one attached hydrogen (secondary N) is 1. The van der Waals surface area contributed by atoms with Gasteiger partial charge >= 0.3 is 5.97 Å². The summed E-state index contributed by atoms with van der Waals surface area (Å²) in [6.45, 7) is 1.81. The second-order valence-electron chi connectivity index (χ2n) is 3.70. The summed E-state index contributed by atoms with van der Waals surface area (Å²) < 4.78 is 4.59. The van der Waals surface area contributed by atoms with Gasteiger partial charge in [0.25, 0.3) is 0 Å². The van der Waals surface area contributed by atoms with Crippen LogP contribution in [0, 0.1) is 0 Å². The van der Waals surface area contributed by atoms with Crippen molar-refractivity contribution in [1.82, 2.24) is 10.2 Å². The van der Waals surface area contributed by atoms with E-state index in [-0.39, 0.29) is 18.2 Å². The minimum Gasteiger partial charge on any atom is -0.468 e. The number of amides is 2. The number of nitrogens with zero attached hydrogens (tertiary/aromatic N) is 1. The maximum absolute atomic E-state index is 11.6. The Hall–Kier alpha value is -1.43. The predicted octanol–water partition coefficient (Wildman–Crippen LogP) is -0.715. The number of methoxy groups -OCH3 is 1. The standard InChI is InChI=1S/C10H16N2O4/c1-4-6(10(15)16-3)11-7-5-8(13)12(2)9(7)14/h6-7,11H,4-5H2,1-3H3. The van der Waals surface area contributed by atoms with Crippen LogP contribution in [0.2, 0.25) is 0 Å². The number of imide groups is 1. The van der Waals surface area contributed by atoms with Gasteiger partial charge in [0.1, 0.15) is 6.04 Å². The van der Waals surface area contributed by atoms with E-state index in [9.17, 15) is 14.4 Å². The summed E-state index contributed by atoms with van der Waals surface area (Å²) in [5.74, 6) is -0.952. The van der Waals surface area contributed by atoms with Crippen molar-refractivity contribution in [1.29, 1.82) is 0 Å². The summed E-state index contributed by atoms with van der Waals surface area (Å²) >= 11 is 0. The first kappa shape index (κ1) is 12.6. The first-order chi connectivity index (χ1) is 7.51. The van der Waals surface area contributed by atoms with Crippen LogP contribution in [-0.2, 0) is 19.1 Å². The topological polar surface area (TPSA) is 75.7 Å². The molecule has 1 aliphatic rings. The van der Waals surface area contributed by atoms with Crippen LogP contribution in [0.15, 0.2) is 0 Å². The van der Waals surface area contributed by atoms with E-state index in [2.05, 4.69) is 10.1 Å². The molecule has 2 amide bonds. The minimum atomic E-state index is -0.610. The lowest BCUT2D eigenvalue weighted by molar-refractivity contribution is -0.143. The van der Waals surface area contributed by atoms with Gasteiger partial charge in [-0.25, -0.2) is 0 Å². The van der Waals surface area contributed by atoms with E-state index >= 15 is 0 Å². The molecule has 1 rings (SSSR count). The Bertz CT molecular complexity index is 316. The lowest BCUT2D eigenvalue weighted by Crippen LogP contribution is -2.46. The fraction of sp³-hybridized carbons (Fsp3) is 0.700. The lowest BCUT2D eigenvalue weighted by atomic mass is 10.1. The molecular formula is C10H16N2O4. The van der Waals surface area contributed by atoms with Crippen LogP contribution in [-0.4, -0.2) is 48.9 Å². The Morgan fingerprint density at radius 1 is 1.62 bits per heavy atom. The second kappa shape index (κ2) is 5.07. The average Bonchev–Trinajstić information content (AvgIpc) is 2.52. The summed E-state index contributed by atoms with van der Waals surface area (Å²) in [6.07, 6.45) is 0.608. The number of rotatable bonds is 4. The van der Waals surface area contributed by atoms with Crippen LogP contribution < -0.4 is 5.32 Å². The van der Waals surface area contributed by atoms with Gasteiger partial charge in [-0.1, -0.05) is 6.92 Å². The number of likely N-dealkylation sites (tertiary alicyclic amines) is 1. The van der Waals surface area contributed by atoms with E-state index < -0.39 is 18.1 Å². The van der Waals surface area contributed by atoms with Crippen LogP contribution >= 0.6 is 0 Å². The molecule has 1 saturated heterocycles. The summed E-state index contributed by atoms with van der Waals surface area (Å²) in [4.78, 5) is 35.2. The monoisotopic (exact) mass is 228 g/mol. The quantitative estimate of drug-likeness (QED) is 0.508. The van der Waals surface area contributed by atoms with Gasteiger partial charge in [-0.2, -0.15) is 0 Å². The molecule has 1 N–H and O–H groups in total. The zero-order valence-corrected chi connectivity index (χ0v) is 9.65. The Morgan fingerprint density at radius 2 is 2.25 bits per heavy atom. The van der Waals surface area contributed by atoms with Crippen molar-refractivity contribution in [2.45, 2.75) is 31.8 Å². The van der Waals surface area contributed by atoms with Gasteiger partial charge in [-0.05, 0) is 6.42 Å². The van der Waals surface area contributed by atoms with E-state index in [0.717, 1.165) is 4.90 Å². The highest BCUT2D eigenvalue weighted by Crippen LogP contribution is 2.12. The number of ether oxygens (including phenoxy) is 1. The Kier molecular flexibility index (Phi) is 4.00. The molecule has 2 unspecified atom stereocenters. The van der Waals surface area contributed by atoms with E-state index in [1.165, 1.54) is 14.2 Å². The number of hydrogen-bond acceptors (Lipinski definition) is 5. The van der Waals surface area contributed by atoms with E-state index in [0.29, 0.717) is 6.42 Å². The van der Waals surface area contributed by atoms with Gasteiger partial charge in [0.15, 0.2) is 0 Å². The molecule has 1 fully saturated rings. The second-order valence-corrected chi connectivity index (χ2v) is 3.70. The molecule has 1 heterocycles. The molecule has 0 radical (unpaired) electrons. The van der Waals surface area contributed by atoms with Gasteiger partial charge in [-0.3, -0.25) is 24.6 Å². The Labute approximate surface area is 93.9 Å². The maximum Gasteiger partial charge on any atom is 0.322 e. The Balaban J connectivity index is 2.63. The van der Waals surface area contributed by atoms with Crippen LogP contribution in [0.25, 0.3) is 0 Å². The maximum atomic E-state index is 11.6. The normalized spacial score (nSPS) is 22.4. The fourth-order valence-corrected chi connectivity index (χ4v) is 1.62. The van der Waals surface area contributed by atoms with Crippen LogP contribution in [0.5, 0.6) is 0 Å². The third kappa shape index (κ3) is 2.38. The lowest BCUT2D eigenvalue weighted by Gasteiger charge is -2.17.